The zero-order valence-electron chi connectivity index (χ0n) is 11.7. The summed E-state index contributed by atoms with van der Waals surface area (Å²) >= 11 is 5.71. The summed E-state index contributed by atoms with van der Waals surface area (Å²) in [6.45, 7) is 2.54. The third-order valence-electron chi connectivity index (χ3n) is 3.77. The van der Waals surface area contributed by atoms with E-state index in [9.17, 15) is 8.42 Å². The lowest BCUT2D eigenvalue weighted by Gasteiger charge is -2.27. The molecule has 6 heteroatoms. The van der Waals surface area contributed by atoms with E-state index in [0.717, 1.165) is 12.0 Å². The first-order valence-corrected chi connectivity index (χ1v) is 8.72. The Kier molecular flexibility index (Phi) is 3.82. The van der Waals surface area contributed by atoms with Crippen LogP contribution in [0.5, 0.6) is 0 Å². The van der Waals surface area contributed by atoms with Crippen LogP contribution in [0.4, 0.5) is 0 Å². The highest BCUT2D eigenvalue weighted by molar-refractivity contribution is 7.89. The van der Waals surface area contributed by atoms with Gasteiger partial charge in [-0.2, -0.15) is 4.31 Å². The second-order valence-electron chi connectivity index (χ2n) is 5.12. The summed E-state index contributed by atoms with van der Waals surface area (Å²) in [6.07, 6.45) is 0.731. The van der Waals surface area contributed by atoms with Gasteiger partial charge in [-0.05, 0) is 24.5 Å². The molecule has 21 heavy (non-hydrogen) atoms. The average molecular weight is 326 g/mol. The minimum absolute atomic E-state index is 0.166. The number of furan rings is 1. The number of hydrogen-bond acceptors (Lipinski definition) is 3. The molecule has 0 bridgehead atoms. The number of hydrogen-bond donors (Lipinski definition) is 0. The predicted molar refractivity (Wildman–Crippen MR) is 80.7 cm³/mol. The molecular formula is C15H16ClNO3S. The highest BCUT2D eigenvalue weighted by atomic mass is 35.5. The molecule has 2 heterocycles. The van der Waals surface area contributed by atoms with Crippen LogP contribution in [-0.4, -0.2) is 19.3 Å². The van der Waals surface area contributed by atoms with Crippen LogP contribution in [0.2, 0.25) is 0 Å². The molecule has 0 N–H and O–H groups in total. The lowest BCUT2D eigenvalue weighted by atomic mass is 10.0. The van der Waals surface area contributed by atoms with Gasteiger partial charge in [0.05, 0.1) is 5.88 Å². The first-order chi connectivity index (χ1) is 10.0. The van der Waals surface area contributed by atoms with Crippen molar-refractivity contribution in [3.8, 4) is 0 Å². The predicted octanol–water partition coefficient (Wildman–Crippen LogP) is 3.07. The number of nitrogens with zero attached hydrogens (tertiary/aromatic N) is 1. The SMILES string of the molecule is Cc1oc(CCl)cc1S(=O)(=O)N1CCc2ccccc2C1. The van der Waals surface area contributed by atoms with Crippen molar-refractivity contribution in [2.24, 2.45) is 0 Å². The van der Waals surface area contributed by atoms with Gasteiger partial charge in [0.2, 0.25) is 10.0 Å². The molecule has 3 rings (SSSR count). The first-order valence-electron chi connectivity index (χ1n) is 6.74. The summed E-state index contributed by atoms with van der Waals surface area (Å²) in [5, 5.41) is 0. The van der Waals surface area contributed by atoms with Crippen molar-refractivity contribution >= 4 is 21.6 Å². The maximum atomic E-state index is 12.8. The highest BCUT2D eigenvalue weighted by Crippen LogP contribution is 2.28. The van der Waals surface area contributed by atoms with Crippen LogP contribution >= 0.6 is 11.6 Å². The third-order valence-corrected chi connectivity index (χ3v) is 5.98. The zero-order valence-corrected chi connectivity index (χ0v) is 13.2. The van der Waals surface area contributed by atoms with Gasteiger partial charge in [-0.15, -0.1) is 11.6 Å². The van der Waals surface area contributed by atoms with Crippen LogP contribution in [0.25, 0.3) is 0 Å². The molecule has 1 aliphatic rings. The Morgan fingerprint density at radius 2 is 2.00 bits per heavy atom. The molecule has 0 radical (unpaired) electrons. The van der Waals surface area contributed by atoms with Crippen LogP contribution in [0.15, 0.2) is 39.6 Å². The first kappa shape index (κ1) is 14.6. The van der Waals surface area contributed by atoms with Gasteiger partial charge in [-0.1, -0.05) is 24.3 Å². The van der Waals surface area contributed by atoms with Gasteiger partial charge >= 0.3 is 0 Å². The molecular weight excluding hydrogens is 310 g/mol. The van der Waals surface area contributed by atoms with Crippen LogP contribution in [0, 0.1) is 6.92 Å². The van der Waals surface area contributed by atoms with E-state index in [4.69, 9.17) is 16.0 Å². The van der Waals surface area contributed by atoms with Crippen molar-refractivity contribution in [1.82, 2.24) is 4.31 Å². The molecule has 4 nitrogen and oxygen atoms in total. The number of benzene rings is 1. The number of sulfonamides is 1. The Hall–Kier alpha value is -1.30. The van der Waals surface area contributed by atoms with Gasteiger partial charge in [-0.3, -0.25) is 0 Å². The van der Waals surface area contributed by atoms with E-state index in [1.165, 1.54) is 15.9 Å². The summed E-state index contributed by atoms with van der Waals surface area (Å²) in [6, 6.07) is 9.47. The van der Waals surface area contributed by atoms with E-state index in [-0.39, 0.29) is 10.8 Å². The second-order valence-corrected chi connectivity index (χ2v) is 7.30. The molecule has 0 saturated heterocycles. The van der Waals surface area contributed by atoms with Gasteiger partial charge in [0.1, 0.15) is 16.4 Å². The summed E-state index contributed by atoms with van der Waals surface area (Å²) in [7, 11) is -3.54. The van der Waals surface area contributed by atoms with E-state index in [0.29, 0.717) is 24.6 Å². The Morgan fingerprint density at radius 1 is 1.29 bits per heavy atom. The lowest BCUT2D eigenvalue weighted by Crippen LogP contribution is -2.36. The summed E-state index contributed by atoms with van der Waals surface area (Å²) < 4.78 is 32.4. The van der Waals surface area contributed by atoms with Crippen LogP contribution < -0.4 is 0 Å². The minimum Gasteiger partial charge on any atom is -0.464 e. The molecule has 112 valence electrons. The standard InChI is InChI=1S/C15H16ClNO3S/c1-11-15(8-14(9-16)20-11)21(18,19)17-7-6-12-4-2-3-5-13(12)10-17/h2-5,8H,6-7,9-10H2,1H3. The summed E-state index contributed by atoms with van der Waals surface area (Å²) in [5.41, 5.74) is 2.28. The van der Waals surface area contributed by atoms with E-state index in [1.807, 2.05) is 24.3 Å². The van der Waals surface area contributed by atoms with Crippen molar-refractivity contribution in [2.75, 3.05) is 6.54 Å². The van der Waals surface area contributed by atoms with E-state index < -0.39 is 10.0 Å². The van der Waals surface area contributed by atoms with Crippen LogP contribution in [-0.2, 0) is 28.9 Å². The van der Waals surface area contributed by atoms with Crippen molar-refractivity contribution in [3.05, 3.63) is 53.0 Å². The quantitative estimate of drug-likeness (QED) is 0.815. The molecule has 0 unspecified atom stereocenters. The number of alkyl halides is 1. The molecule has 0 amide bonds. The fourth-order valence-electron chi connectivity index (χ4n) is 2.66. The molecule has 0 aliphatic carbocycles. The molecule has 0 fully saturated rings. The van der Waals surface area contributed by atoms with Crippen LogP contribution in [0.1, 0.15) is 22.6 Å². The number of rotatable bonds is 3. The Bertz CT molecular complexity index is 767. The van der Waals surface area contributed by atoms with Crippen LogP contribution in [0.3, 0.4) is 0 Å². The molecule has 1 aromatic carbocycles. The largest absolute Gasteiger partial charge is 0.464 e. The summed E-state index contributed by atoms with van der Waals surface area (Å²) in [5.74, 6) is 1.04. The maximum Gasteiger partial charge on any atom is 0.246 e. The minimum atomic E-state index is -3.54. The van der Waals surface area contributed by atoms with Gasteiger partial charge in [0, 0.05) is 19.2 Å². The normalized spacial score (nSPS) is 15.9. The van der Waals surface area contributed by atoms with Gasteiger partial charge in [-0.25, -0.2) is 8.42 Å². The molecule has 0 atom stereocenters. The Labute approximate surface area is 129 Å². The van der Waals surface area contributed by atoms with Crippen molar-refractivity contribution in [1.29, 1.82) is 0 Å². The fraction of sp³-hybridized carbons (Fsp3) is 0.333. The molecule has 1 aliphatic heterocycles. The zero-order chi connectivity index (χ0) is 15.0. The molecule has 0 saturated carbocycles. The number of halogens is 1. The monoisotopic (exact) mass is 325 g/mol. The van der Waals surface area contributed by atoms with E-state index in [2.05, 4.69) is 0 Å². The number of fused-ring (bicyclic) bond motifs is 1. The summed E-state index contributed by atoms with van der Waals surface area (Å²) in [4.78, 5) is 0.220. The fourth-order valence-corrected chi connectivity index (χ4v) is 4.40. The molecule has 1 aromatic heterocycles. The van der Waals surface area contributed by atoms with Crippen molar-refractivity contribution in [2.45, 2.75) is 30.7 Å². The highest BCUT2D eigenvalue weighted by Gasteiger charge is 2.31. The number of aryl methyl sites for hydroxylation is 1. The maximum absolute atomic E-state index is 12.8. The van der Waals surface area contributed by atoms with Gasteiger partial charge < -0.3 is 4.42 Å². The topological polar surface area (TPSA) is 50.5 Å². The Balaban J connectivity index is 1.95. The van der Waals surface area contributed by atoms with Gasteiger partial charge in [0.15, 0.2) is 0 Å². The van der Waals surface area contributed by atoms with E-state index in [1.54, 1.807) is 6.92 Å². The third kappa shape index (κ3) is 2.61. The smallest absolute Gasteiger partial charge is 0.246 e. The molecule has 0 spiro atoms. The Morgan fingerprint density at radius 3 is 2.67 bits per heavy atom. The van der Waals surface area contributed by atoms with Crippen molar-refractivity contribution < 1.29 is 12.8 Å². The van der Waals surface area contributed by atoms with Crippen molar-refractivity contribution in [3.63, 3.8) is 0 Å². The second kappa shape index (κ2) is 5.48. The van der Waals surface area contributed by atoms with Gasteiger partial charge in [0.25, 0.3) is 0 Å². The average Bonchev–Trinajstić information content (AvgIpc) is 2.88. The lowest BCUT2D eigenvalue weighted by molar-refractivity contribution is 0.389. The molecule has 2 aromatic rings. The van der Waals surface area contributed by atoms with E-state index >= 15 is 0 Å².